The smallest absolute Gasteiger partial charge is 0.325 e. The molecule has 2 amide bonds. The molecule has 2 heterocycles. The van der Waals surface area contributed by atoms with E-state index in [0.717, 1.165) is 39.1 Å². The lowest BCUT2D eigenvalue weighted by Crippen LogP contribution is -2.51. The summed E-state index contributed by atoms with van der Waals surface area (Å²) >= 11 is 1.38. The standard InChI is InChI=1S/C36H40N4O4S/c1-7-24-8-12-27(13-9-24)22(2)18-26-20-37-32(38-21-26)28-14-10-25(11-15-28)19-29(33(41)39-23(3)35(43)44)40-34(42)30-16-17-31(45-30)36(4,5)6/h8-18,20-21,23,29H,7,19H2,1-6H3,(H,39,41)(H,40,42)(H,43,44)/b22-18+/t23-,29+/m1/s1. The highest BCUT2D eigenvalue weighted by molar-refractivity contribution is 7.14. The van der Waals surface area contributed by atoms with Crippen LogP contribution in [0.1, 0.15) is 78.3 Å². The summed E-state index contributed by atoms with van der Waals surface area (Å²) in [4.78, 5) is 48.2. The number of hydrogen-bond acceptors (Lipinski definition) is 6. The summed E-state index contributed by atoms with van der Waals surface area (Å²) in [7, 11) is 0. The second kappa shape index (κ2) is 14.4. The van der Waals surface area contributed by atoms with Gasteiger partial charge < -0.3 is 15.7 Å². The predicted molar refractivity (Wildman–Crippen MR) is 180 cm³/mol. The average Bonchev–Trinajstić information content (AvgIpc) is 3.53. The molecule has 0 aliphatic rings. The Kier molecular flexibility index (Phi) is 10.7. The summed E-state index contributed by atoms with van der Waals surface area (Å²) in [5.74, 6) is -1.55. The maximum absolute atomic E-state index is 13.1. The Morgan fingerprint density at radius 1 is 0.911 bits per heavy atom. The van der Waals surface area contributed by atoms with Crippen molar-refractivity contribution in [3.63, 3.8) is 0 Å². The number of aryl methyl sites for hydroxylation is 1. The number of thiophene rings is 1. The van der Waals surface area contributed by atoms with Crippen LogP contribution in [0.4, 0.5) is 0 Å². The Hall–Kier alpha value is -4.63. The highest BCUT2D eigenvalue weighted by Gasteiger charge is 2.26. The summed E-state index contributed by atoms with van der Waals surface area (Å²) in [6.45, 7) is 11.8. The maximum atomic E-state index is 13.1. The molecule has 4 aromatic rings. The zero-order valence-corrected chi connectivity index (χ0v) is 27.4. The summed E-state index contributed by atoms with van der Waals surface area (Å²) < 4.78 is 0. The molecule has 2 aromatic heterocycles. The fourth-order valence-electron chi connectivity index (χ4n) is 4.60. The molecule has 45 heavy (non-hydrogen) atoms. The van der Waals surface area contributed by atoms with Gasteiger partial charge in [-0.25, -0.2) is 9.97 Å². The number of allylic oxidation sites excluding steroid dienone is 1. The van der Waals surface area contributed by atoms with E-state index in [1.165, 1.54) is 23.8 Å². The average molecular weight is 625 g/mol. The fourth-order valence-corrected chi connectivity index (χ4v) is 5.57. The third-order valence-corrected chi connectivity index (χ3v) is 8.95. The Labute approximate surface area is 268 Å². The second-order valence-electron chi connectivity index (χ2n) is 12.1. The van der Waals surface area contributed by atoms with Crippen molar-refractivity contribution in [3.05, 3.63) is 105 Å². The van der Waals surface area contributed by atoms with Gasteiger partial charge >= 0.3 is 5.97 Å². The van der Waals surface area contributed by atoms with E-state index in [2.05, 4.69) is 85.6 Å². The number of carboxylic acid groups (broad SMARTS) is 1. The molecule has 0 spiro atoms. The number of nitrogens with zero attached hydrogens (tertiary/aromatic N) is 2. The van der Waals surface area contributed by atoms with Crippen molar-refractivity contribution in [1.29, 1.82) is 0 Å². The van der Waals surface area contributed by atoms with Gasteiger partial charge in [-0.05, 0) is 66.2 Å². The molecule has 234 valence electrons. The molecule has 0 radical (unpaired) electrons. The minimum Gasteiger partial charge on any atom is -0.480 e. The first-order valence-corrected chi connectivity index (χ1v) is 15.8. The van der Waals surface area contributed by atoms with Crippen LogP contribution >= 0.6 is 11.3 Å². The van der Waals surface area contributed by atoms with Gasteiger partial charge in [-0.2, -0.15) is 0 Å². The van der Waals surface area contributed by atoms with E-state index in [9.17, 15) is 19.5 Å². The quantitative estimate of drug-likeness (QED) is 0.174. The molecular weight excluding hydrogens is 584 g/mol. The minimum absolute atomic E-state index is 0.112. The highest BCUT2D eigenvalue weighted by atomic mass is 32.1. The van der Waals surface area contributed by atoms with E-state index in [4.69, 9.17) is 0 Å². The highest BCUT2D eigenvalue weighted by Crippen LogP contribution is 2.29. The largest absolute Gasteiger partial charge is 0.480 e. The first kappa shape index (κ1) is 33.3. The summed E-state index contributed by atoms with van der Waals surface area (Å²) in [6, 6.07) is 17.5. The Balaban J connectivity index is 1.47. The summed E-state index contributed by atoms with van der Waals surface area (Å²) in [5.41, 5.74) is 5.95. The Morgan fingerprint density at radius 2 is 1.53 bits per heavy atom. The van der Waals surface area contributed by atoms with Gasteiger partial charge in [0.2, 0.25) is 5.91 Å². The van der Waals surface area contributed by atoms with Gasteiger partial charge in [-0.15, -0.1) is 11.3 Å². The second-order valence-corrected chi connectivity index (χ2v) is 13.2. The lowest BCUT2D eigenvalue weighted by Gasteiger charge is -2.20. The van der Waals surface area contributed by atoms with Crippen LogP contribution in [0, 0.1) is 0 Å². The van der Waals surface area contributed by atoms with Crippen LogP contribution in [-0.2, 0) is 27.8 Å². The van der Waals surface area contributed by atoms with Gasteiger partial charge in [0.25, 0.3) is 5.91 Å². The number of amides is 2. The molecule has 2 atom stereocenters. The third-order valence-electron chi connectivity index (χ3n) is 7.44. The van der Waals surface area contributed by atoms with Crippen molar-refractivity contribution in [2.45, 2.75) is 71.9 Å². The van der Waals surface area contributed by atoms with Crippen molar-refractivity contribution in [3.8, 4) is 11.4 Å². The monoisotopic (exact) mass is 624 g/mol. The number of nitrogens with one attached hydrogen (secondary N) is 2. The lowest BCUT2D eigenvalue weighted by atomic mass is 9.95. The van der Waals surface area contributed by atoms with Gasteiger partial charge in [0.15, 0.2) is 5.82 Å². The zero-order chi connectivity index (χ0) is 32.7. The number of aromatic nitrogens is 2. The molecule has 2 aromatic carbocycles. The summed E-state index contributed by atoms with van der Waals surface area (Å²) in [5, 5.41) is 14.6. The third kappa shape index (κ3) is 8.95. The van der Waals surface area contributed by atoms with E-state index in [-0.39, 0.29) is 17.7 Å². The Bertz CT molecular complexity index is 1670. The van der Waals surface area contributed by atoms with Gasteiger partial charge in [-0.1, -0.05) is 76.2 Å². The molecule has 0 aliphatic carbocycles. The van der Waals surface area contributed by atoms with Crippen LogP contribution in [0.3, 0.4) is 0 Å². The van der Waals surface area contributed by atoms with Crippen LogP contribution in [0.2, 0.25) is 0 Å². The van der Waals surface area contributed by atoms with Crippen molar-refractivity contribution in [2.75, 3.05) is 0 Å². The molecular formula is C36H40N4O4S. The number of carbonyl (C=O) groups excluding carboxylic acids is 2. The van der Waals surface area contributed by atoms with Crippen LogP contribution in [-0.4, -0.2) is 44.9 Å². The van der Waals surface area contributed by atoms with Crippen LogP contribution in [0.15, 0.2) is 73.1 Å². The molecule has 0 aliphatic heterocycles. The first-order valence-electron chi connectivity index (χ1n) is 15.0. The molecule has 9 heteroatoms. The fraction of sp³-hybridized carbons (Fsp3) is 0.306. The number of carbonyl (C=O) groups is 3. The van der Waals surface area contributed by atoms with E-state index in [1.807, 2.05) is 30.3 Å². The molecule has 3 N–H and O–H groups in total. The topological polar surface area (TPSA) is 121 Å². The van der Waals surface area contributed by atoms with E-state index < -0.39 is 24.0 Å². The van der Waals surface area contributed by atoms with Gasteiger partial charge in [0, 0.05) is 34.8 Å². The molecule has 4 rings (SSSR count). The SMILES string of the molecule is CCc1ccc(/C(C)=C/c2cnc(-c3ccc(C[C@H](NC(=O)c4ccc(C(C)(C)C)s4)C(=O)N[C@H](C)C(=O)O)cc3)nc2)cc1. The van der Waals surface area contributed by atoms with Crippen molar-refractivity contribution in [2.24, 2.45) is 0 Å². The molecule has 0 unspecified atom stereocenters. The molecule has 8 nitrogen and oxygen atoms in total. The van der Waals surface area contributed by atoms with E-state index in [0.29, 0.717) is 10.7 Å². The molecule has 0 bridgehead atoms. The molecule has 0 fully saturated rings. The first-order chi connectivity index (χ1) is 21.3. The predicted octanol–water partition coefficient (Wildman–Crippen LogP) is 6.56. The Morgan fingerprint density at radius 3 is 2.09 bits per heavy atom. The maximum Gasteiger partial charge on any atom is 0.325 e. The van der Waals surface area contributed by atoms with Crippen molar-refractivity contribution >= 4 is 40.8 Å². The number of carboxylic acids is 1. The van der Waals surface area contributed by atoms with E-state index in [1.54, 1.807) is 18.5 Å². The van der Waals surface area contributed by atoms with E-state index >= 15 is 0 Å². The normalized spacial score (nSPS) is 13.2. The summed E-state index contributed by atoms with van der Waals surface area (Å²) in [6.07, 6.45) is 6.81. The minimum atomic E-state index is -1.16. The van der Waals surface area contributed by atoms with Crippen molar-refractivity contribution < 1.29 is 19.5 Å². The van der Waals surface area contributed by atoms with Crippen LogP contribution in [0.25, 0.3) is 23.0 Å². The number of aliphatic carboxylic acids is 1. The number of hydrogen-bond donors (Lipinski definition) is 3. The number of benzene rings is 2. The van der Waals surface area contributed by atoms with Gasteiger partial charge in [0.05, 0.1) is 4.88 Å². The molecule has 0 saturated carbocycles. The van der Waals surface area contributed by atoms with Crippen molar-refractivity contribution in [1.82, 2.24) is 20.6 Å². The van der Waals surface area contributed by atoms with Gasteiger partial charge in [0.1, 0.15) is 12.1 Å². The van der Waals surface area contributed by atoms with Crippen LogP contribution < -0.4 is 10.6 Å². The molecule has 0 saturated heterocycles. The lowest BCUT2D eigenvalue weighted by molar-refractivity contribution is -0.141. The number of rotatable bonds is 11. The zero-order valence-electron chi connectivity index (χ0n) is 26.5. The van der Waals surface area contributed by atoms with Gasteiger partial charge in [-0.3, -0.25) is 14.4 Å². The van der Waals surface area contributed by atoms with Crippen LogP contribution in [0.5, 0.6) is 0 Å².